The van der Waals surface area contributed by atoms with E-state index in [1.807, 2.05) is 26.8 Å². The zero-order valence-electron chi connectivity index (χ0n) is 15.3. The number of nitrogens with zero attached hydrogens (tertiary/aromatic N) is 1. The fourth-order valence-electron chi connectivity index (χ4n) is 2.94. The van der Waals surface area contributed by atoms with Gasteiger partial charge in [-0.05, 0) is 46.1 Å². The standard InChI is InChI=1S/C20H30N2O2/c1-16(14-17-8-6-5-7-9-17)15-22-12-10-18(11-13-22)21-19(23)24-20(2,3)4/h5-9,14,18H,10-13,15H2,1-4H3,(H,21,23). The van der Waals surface area contributed by atoms with Gasteiger partial charge in [0.05, 0.1) is 0 Å². The lowest BCUT2D eigenvalue weighted by atomic mass is 10.0. The number of ether oxygens (including phenoxy) is 1. The number of amides is 1. The van der Waals surface area contributed by atoms with Gasteiger partial charge in [0.15, 0.2) is 0 Å². The number of likely N-dealkylation sites (tertiary alicyclic amines) is 1. The van der Waals surface area contributed by atoms with Gasteiger partial charge in [0, 0.05) is 25.7 Å². The summed E-state index contributed by atoms with van der Waals surface area (Å²) in [5, 5.41) is 2.99. The average molecular weight is 330 g/mol. The monoisotopic (exact) mass is 330 g/mol. The van der Waals surface area contributed by atoms with Crippen LogP contribution in [0, 0.1) is 0 Å². The minimum atomic E-state index is -0.440. The minimum Gasteiger partial charge on any atom is -0.444 e. The highest BCUT2D eigenvalue weighted by molar-refractivity contribution is 5.68. The molecule has 0 saturated carbocycles. The van der Waals surface area contributed by atoms with Gasteiger partial charge in [0.25, 0.3) is 0 Å². The van der Waals surface area contributed by atoms with Gasteiger partial charge >= 0.3 is 6.09 Å². The van der Waals surface area contributed by atoms with Crippen LogP contribution < -0.4 is 5.32 Å². The summed E-state index contributed by atoms with van der Waals surface area (Å²) in [5.74, 6) is 0. The third-order valence-corrected chi connectivity index (χ3v) is 3.99. The Morgan fingerprint density at radius 2 is 1.88 bits per heavy atom. The molecule has 1 aliphatic rings. The van der Waals surface area contributed by atoms with Crippen molar-refractivity contribution in [2.75, 3.05) is 19.6 Å². The smallest absolute Gasteiger partial charge is 0.407 e. The first-order valence-electron chi connectivity index (χ1n) is 8.76. The Kier molecular flexibility index (Phi) is 6.44. The first-order chi connectivity index (χ1) is 11.3. The second kappa shape index (κ2) is 8.34. The molecule has 0 radical (unpaired) electrons. The summed E-state index contributed by atoms with van der Waals surface area (Å²) in [6.45, 7) is 10.8. The molecule has 1 fully saturated rings. The van der Waals surface area contributed by atoms with E-state index in [1.165, 1.54) is 11.1 Å². The van der Waals surface area contributed by atoms with E-state index in [4.69, 9.17) is 4.74 Å². The molecule has 0 atom stereocenters. The molecule has 0 aliphatic carbocycles. The van der Waals surface area contributed by atoms with Crippen molar-refractivity contribution >= 4 is 12.2 Å². The fraction of sp³-hybridized carbons (Fsp3) is 0.550. The minimum absolute atomic E-state index is 0.217. The number of benzene rings is 1. The normalized spacial score (nSPS) is 17.6. The molecular formula is C20H30N2O2. The summed E-state index contributed by atoms with van der Waals surface area (Å²) in [6, 6.07) is 10.6. The summed E-state index contributed by atoms with van der Waals surface area (Å²) in [6.07, 6.45) is 3.88. The van der Waals surface area contributed by atoms with Crippen LogP contribution in [-0.2, 0) is 4.74 Å². The molecule has 4 nitrogen and oxygen atoms in total. The van der Waals surface area contributed by atoms with Gasteiger partial charge in [-0.25, -0.2) is 4.79 Å². The van der Waals surface area contributed by atoms with Gasteiger partial charge in [0.1, 0.15) is 5.60 Å². The van der Waals surface area contributed by atoms with Gasteiger partial charge < -0.3 is 10.1 Å². The summed E-state index contributed by atoms with van der Waals surface area (Å²) in [7, 11) is 0. The molecule has 0 unspecified atom stereocenters. The highest BCUT2D eigenvalue weighted by Crippen LogP contribution is 2.15. The number of rotatable bonds is 4. The Bertz CT molecular complexity index is 553. The SMILES string of the molecule is CC(=Cc1ccccc1)CN1CCC(NC(=O)OC(C)(C)C)CC1. The van der Waals surface area contributed by atoms with E-state index in [2.05, 4.69) is 47.5 Å². The molecule has 1 saturated heterocycles. The average Bonchev–Trinajstić information content (AvgIpc) is 2.48. The quantitative estimate of drug-likeness (QED) is 0.904. The van der Waals surface area contributed by atoms with E-state index in [9.17, 15) is 4.79 Å². The zero-order valence-corrected chi connectivity index (χ0v) is 15.3. The third-order valence-electron chi connectivity index (χ3n) is 3.99. The van der Waals surface area contributed by atoms with Crippen molar-refractivity contribution < 1.29 is 9.53 Å². The van der Waals surface area contributed by atoms with Gasteiger partial charge in [-0.3, -0.25) is 4.90 Å². The zero-order chi connectivity index (χ0) is 17.6. The second-order valence-electron chi connectivity index (χ2n) is 7.60. The predicted octanol–water partition coefficient (Wildman–Crippen LogP) is 4.08. The van der Waals surface area contributed by atoms with Crippen LogP contribution in [0.25, 0.3) is 6.08 Å². The molecule has 0 spiro atoms. The molecule has 4 heteroatoms. The molecule has 1 N–H and O–H groups in total. The van der Waals surface area contributed by atoms with Crippen LogP contribution >= 0.6 is 0 Å². The molecule has 2 rings (SSSR count). The maximum Gasteiger partial charge on any atom is 0.407 e. The van der Waals surface area contributed by atoms with Crippen molar-refractivity contribution in [1.29, 1.82) is 0 Å². The van der Waals surface area contributed by atoms with Gasteiger partial charge in [-0.2, -0.15) is 0 Å². The largest absolute Gasteiger partial charge is 0.444 e. The lowest BCUT2D eigenvalue weighted by Crippen LogP contribution is -2.46. The van der Waals surface area contributed by atoms with E-state index in [-0.39, 0.29) is 12.1 Å². The Morgan fingerprint density at radius 1 is 1.25 bits per heavy atom. The Balaban J connectivity index is 1.75. The number of carbonyl (C=O) groups excluding carboxylic acids is 1. The summed E-state index contributed by atoms with van der Waals surface area (Å²) >= 11 is 0. The van der Waals surface area contributed by atoms with Crippen molar-refractivity contribution in [2.24, 2.45) is 0 Å². The molecule has 1 aromatic rings. The highest BCUT2D eigenvalue weighted by Gasteiger charge is 2.23. The van der Waals surface area contributed by atoms with E-state index in [0.717, 1.165) is 32.5 Å². The van der Waals surface area contributed by atoms with Crippen molar-refractivity contribution in [1.82, 2.24) is 10.2 Å². The van der Waals surface area contributed by atoms with E-state index < -0.39 is 5.60 Å². The van der Waals surface area contributed by atoms with Crippen molar-refractivity contribution in [2.45, 2.75) is 52.2 Å². The van der Waals surface area contributed by atoms with Crippen LogP contribution in [0.4, 0.5) is 4.79 Å². The lowest BCUT2D eigenvalue weighted by Gasteiger charge is -2.33. The fourth-order valence-corrected chi connectivity index (χ4v) is 2.94. The number of nitrogens with one attached hydrogen (secondary N) is 1. The molecule has 0 aromatic heterocycles. The van der Waals surface area contributed by atoms with Crippen molar-refractivity contribution in [3.8, 4) is 0 Å². The Morgan fingerprint density at radius 3 is 2.46 bits per heavy atom. The number of piperidine rings is 1. The van der Waals surface area contributed by atoms with E-state index >= 15 is 0 Å². The third kappa shape index (κ3) is 6.75. The highest BCUT2D eigenvalue weighted by atomic mass is 16.6. The van der Waals surface area contributed by atoms with Gasteiger partial charge in [0.2, 0.25) is 0 Å². The molecule has 0 bridgehead atoms. The first kappa shape index (κ1) is 18.5. The van der Waals surface area contributed by atoms with Crippen LogP contribution in [0.5, 0.6) is 0 Å². The van der Waals surface area contributed by atoms with Crippen molar-refractivity contribution in [3.05, 3.63) is 41.5 Å². The Labute approximate surface area is 145 Å². The molecule has 1 aromatic carbocycles. The summed E-state index contributed by atoms with van der Waals surface area (Å²) in [5.41, 5.74) is 2.17. The molecular weight excluding hydrogens is 300 g/mol. The summed E-state index contributed by atoms with van der Waals surface area (Å²) < 4.78 is 5.33. The van der Waals surface area contributed by atoms with Crippen LogP contribution in [0.3, 0.4) is 0 Å². The van der Waals surface area contributed by atoms with Gasteiger partial charge in [-0.1, -0.05) is 42.0 Å². The Hall–Kier alpha value is -1.81. The van der Waals surface area contributed by atoms with Gasteiger partial charge in [-0.15, -0.1) is 0 Å². The van der Waals surface area contributed by atoms with Crippen LogP contribution in [0.15, 0.2) is 35.9 Å². The summed E-state index contributed by atoms with van der Waals surface area (Å²) in [4.78, 5) is 14.3. The van der Waals surface area contributed by atoms with Crippen molar-refractivity contribution in [3.63, 3.8) is 0 Å². The molecule has 1 amide bonds. The van der Waals surface area contributed by atoms with Crippen LogP contribution in [0.1, 0.15) is 46.1 Å². The molecule has 1 aliphatic heterocycles. The maximum absolute atomic E-state index is 11.8. The first-order valence-corrected chi connectivity index (χ1v) is 8.76. The molecule has 24 heavy (non-hydrogen) atoms. The molecule has 132 valence electrons. The van der Waals surface area contributed by atoms with E-state index in [0.29, 0.717) is 0 Å². The van der Waals surface area contributed by atoms with Crippen LogP contribution in [-0.4, -0.2) is 42.3 Å². The number of alkyl carbamates (subject to hydrolysis) is 1. The topological polar surface area (TPSA) is 41.6 Å². The van der Waals surface area contributed by atoms with E-state index in [1.54, 1.807) is 0 Å². The van der Waals surface area contributed by atoms with Crippen LogP contribution in [0.2, 0.25) is 0 Å². The maximum atomic E-state index is 11.8. The number of hydrogen-bond donors (Lipinski definition) is 1. The second-order valence-corrected chi connectivity index (χ2v) is 7.60. The molecule has 1 heterocycles. The lowest BCUT2D eigenvalue weighted by molar-refractivity contribution is 0.0480. The number of hydrogen-bond acceptors (Lipinski definition) is 3. The predicted molar refractivity (Wildman–Crippen MR) is 98.9 cm³/mol. The number of carbonyl (C=O) groups is 1.